The van der Waals surface area contributed by atoms with Crippen LogP contribution < -0.4 is 24.8 Å². The minimum Gasteiger partial charge on any atom is -0.497 e. The number of rotatable bonds is 5. The zero-order valence-corrected chi connectivity index (χ0v) is 19.5. The average Bonchev–Trinajstić information content (AvgIpc) is 2.86. The van der Waals surface area contributed by atoms with E-state index in [4.69, 9.17) is 19.9 Å². The van der Waals surface area contributed by atoms with Crippen molar-refractivity contribution >= 4 is 32.3 Å². The van der Waals surface area contributed by atoms with Crippen LogP contribution in [0.15, 0.2) is 52.4 Å². The highest BCUT2D eigenvalue weighted by atomic mass is 32.2. The number of hydrogen-bond donors (Lipinski definition) is 1. The van der Waals surface area contributed by atoms with Crippen LogP contribution in [-0.2, 0) is 14.6 Å². The van der Waals surface area contributed by atoms with Crippen LogP contribution in [0.25, 0.3) is 10.9 Å². The molecule has 1 saturated heterocycles. The third-order valence-electron chi connectivity index (χ3n) is 6.34. The summed E-state index contributed by atoms with van der Waals surface area (Å²) in [7, 11) is -2.39. The van der Waals surface area contributed by atoms with Gasteiger partial charge in [-0.15, -0.1) is 0 Å². The lowest BCUT2D eigenvalue weighted by Gasteiger charge is -2.34. The van der Waals surface area contributed by atoms with E-state index in [0.29, 0.717) is 73.0 Å². The first-order valence-electron chi connectivity index (χ1n) is 11.0. The fourth-order valence-electron chi connectivity index (χ4n) is 4.49. The number of fused-ring (bicyclic) bond motifs is 2. The maximum Gasteiger partial charge on any atom is 0.220 e. The number of nitrogens with two attached hydrogens (primary N) is 1. The topological polar surface area (TPSA) is 121 Å². The van der Waals surface area contributed by atoms with E-state index in [0.717, 1.165) is 0 Å². The van der Waals surface area contributed by atoms with Gasteiger partial charge < -0.3 is 24.8 Å². The van der Waals surface area contributed by atoms with Crippen LogP contribution in [0.3, 0.4) is 0 Å². The van der Waals surface area contributed by atoms with Gasteiger partial charge in [-0.1, -0.05) is 0 Å². The van der Waals surface area contributed by atoms with E-state index < -0.39 is 9.84 Å². The predicted molar refractivity (Wildman–Crippen MR) is 125 cm³/mol. The molecule has 0 saturated carbocycles. The summed E-state index contributed by atoms with van der Waals surface area (Å²) >= 11 is 0. The van der Waals surface area contributed by atoms with Gasteiger partial charge in [-0.3, -0.25) is 9.78 Å². The fourth-order valence-corrected chi connectivity index (χ4v) is 5.92. The zero-order chi connectivity index (χ0) is 23.9. The summed E-state index contributed by atoms with van der Waals surface area (Å²) in [5, 5.41) is 0.649. The van der Waals surface area contributed by atoms with Gasteiger partial charge >= 0.3 is 0 Å². The van der Waals surface area contributed by atoms with E-state index in [1.54, 1.807) is 24.3 Å². The van der Waals surface area contributed by atoms with Crippen LogP contribution in [0.1, 0.15) is 12.8 Å². The number of carbonyl (C=O) groups is 1. The molecule has 1 amide bonds. The van der Waals surface area contributed by atoms with E-state index in [1.807, 2.05) is 4.90 Å². The molecule has 9 nitrogen and oxygen atoms in total. The Morgan fingerprint density at radius 2 is 1.74 bits per heavy atom. The molecule has 10 heteroatoms. The Hall–Kier alpha value is -3.53. The number of aromatic nitrogens is 1. The Morgan fingerprint density at radius 3 is 2.35 bits per heavy atom. The molecule has 1 aromatic heterocycles. The number of sulfone groups is 1. The van der Waals surface area contributed by atoms with Gasteiger partial charge in [0.2, 0.25) is 15.7 Å². The zero-order valence-electron chi connectivity index (χ0n) is 18.7. The van der Waals surface area contributed by atoms with Crippen molar-refractivity contribution in [1.82, 2.24) is 4.98 Å². The number of primary amides is 1. The lowest BCUT2D eigenvalue weighted by Crippen LogP contribution is -2.39. The van der Waals surface area contributed by atoms with Crippen molar-refractivity contribution in [2.45, 2.75) is 22.6 Å². The smallest absolute Gasteiger partial charge is 0.220 e. The molecule has 2 aliphatic rings. The summed E-state index contributed by atoms with van der Waals surface area (Å²) in [6.45, 7) is 1.84. The lowest BCUT2D eigenvalue weighted by atomic mass is 9.95. The molecule has 178 valence electrons. The largest absolute Gasteiger partial charge is 0.497 e. The van der Waals surface area contributed by atoms with Gasteiger partial charge in [0.15, 0.2) is 11.5 Å². The molecule has 0 atom stereocenters. The Bertz CT molecular complexity index is 1350. The van der Waals surface area contributed by atoms with Gasteiger partial charge in [-0.25, -0.2) is 8.42 Å². The molecular formula is C24H25N3O6S. The van der Waals surface area contributed by atoms with Gasteiger partial charge in [0.05, 0.1) is 23.2 Å². The molecule has 2 aliphatic heterocycles. The van der Waals surface area contributed by atoms with Crippen molar-refractivity contribution in [2.75, 3.05) is 38.3 Å². The molecule has 0 bridgehead atoms. The number of methoxy groups -OCH3 is 1. The highest BCUT2D eigenvalue weighted by Crippen LogP contribution is 2.42. The molecule has 0 aliphatic carbocycles. The molecule has 0 spiro atoms. The standard InChI is InChI=1S/C24H25N3O6S/c1-31-16-2-4-17(5-3-16)34(29,30)22-14-26-19-13-21-20(32-10-11-33-21)12-18(19)23(22)27-8-6-15(7-9-27)24(25)28/h2-5,12-15H,6-11H2,1H3,(H2,25,28). The number of carbonyl (C=O) groups excluding carboxylic acids is 1. The Balaban J connectivity index is 1.67. The summed E-state index contributed by atoms with van der Waals surface area (Å²) in [4.78, 5) is 18.4. The SMILES string of the molecule is COc1ccc(S(=O)(=O)c2cnc3cc4c(cc3c2N2CCC(C(N)=O)CC2)OCCO4)cc1. The normalized spacial score (nSPS) is 16.4. The van der Waals surface area contributed by atoms with Crippen LogP contribution in [0.2, 0.25) is 0 Å². The van der Waals surface area contributed by atoms with Gasteiger partial charge in [0, 0.05) is 36.7 Å². The first kappa shape index (κ1) is 22.3. The Kier molecular flexibility index (Phi) is 5.68. The van der Waals surface area contributed by atoms with Gasteiger partial charge in [0.1, 0.15) is 23.9 Å². The second-order valence-electron chi connectivity index (χ2n) is 8.33. The average molecular weight is 484 g/mol. The number of piperidine rings is 1. The van der Waals surface area contributed by atoms with E-state index in [-0.39, 0.29) is 21.6 Å². The number of nitrogens with zero attached hydrogens (tertiary/aromatic N) is 2. The summed E-state index contributed by atoms with van der Waals surface area (Å²) in [5.74, 6) is 1.14. The van der Waals surface area contributed by atoms with Crippen molar-refractivity contribution < 1.29 is 27.4 Å². The lowest BCUT2D eigenvalue weighted by molar-refractivity contribution is -0.122. The summed E-state index contributed by atoms with van der Waals surface area (Å²) in [5.41, 5.74) is 6.66. The minimum atomic E-state index is -3.91. The van der Waals surface area contributed by atoms with Crippen molar-refractivity contribution in [1.29, 1.82) is 0 Å². The van der Waals surface area contributed by atoms with E-state index >= 15 is 0 Å². The quantitative estimate of drug-likeness (QED) is 0.588. The molecule has 2 N–H and O–H groups in total. The maximum atomic E-state index is 13.8. The Morgan fingerprint density at radius 1 is 1.09 bits per heavy atom. The van der Waals surface area contributed by atoms with E-state index in [9.17, 15) is 13.2 Å². The Labute approximate surface area is 197 Å². The van der Waals surface area contributed by atoms with Gasteiger partial charge in [0.25, 0.3) is 0 Å². The van der Waals surface area contributed by atoms with Crippen molar-refractivity contribution in [2.24, 2.45) is 11.7 Å². The number of anilines is 1. The molecule has 3 aromatic rings. The van der Waals surface area contributed by atoms with Crippen molar-refractivity contribution in [3.05, 3.63) is 42.6 Å². The number of amides is 1. The number of benzene rings is 2. The summed E-state index contributed by atoms with van der Waals surface area (Å²) < 4.78 is 44.1. The summed E-state index contributed by atoms with van der Waals surface area (Å²) in [6.07, 6.45) is 2.49. The van der Waals surface area contributed by atoms with Gasteiger partial charge in [-0.2, -0.15) is 0 Å². The van der Waals surface area contributed by atoms with Crippen LogP contribution in [0.4, 0.5) is 5.69 Å². The number of pyridine rings is 1. The third kappa shape index (κ3) is 3.87. The minimum absolute atomic E-state index is 0.0966. The maximum absolute atomic E-state index is 13.8. The molecule has 0 unspecified atom stereocenters. The van der Waals surface area contributed by atoms with Gasteiger partial charge in [-0.05, 0) is 43.2 Å². The number of hydrogen-bond acceptors (Lipinski definition) is 8. The van der Waals surface area contributed by atoms with Crippen LogP contribution in [-0.4, -0.2) is 52.7 Å². The fraction of sp³-hybridized carbons (Fsp3) is 0.333. The molecule has 1 fully saturated rings. The molecular weight excluding hydrogens is 458 g/mol. The second kappa shape index (κ2) is 8.68. The molecule has 0 radical (unpaired) electrons. The summed E-state index contributed by atoms with van der Waals surface area (Å²) in [6, 6.07) is 9.82. The van der Waals surface area contributed by atoms with E-state index in [1.165, 1.54) is 25.4 Å². The highest BCUT2D eigenvalue weighted by Gasteiger charge is 2.31. The first-order chi connectivity index (χ1) is 16.4. The number of ether oxygens (including phenoxy) is 3. The predicted octanol–water partition coefficient (Wildman–Crippen LogP) is 2.55. The van der Waals surface area contributed by atoms with Crippen molar-refractivity contribution in [3.8, 4) is 17.2 Å². The van der Waals surface area contributed by atoms with Crippen molar-refractivity contribution in [3.63, 3.8) is 0 Å². The van der Waals surface area contributed by atoms with E-state index in [2.05, 4.69) is 4.98 Å². The van der Waals surface area contributed by atoms with Crippen LogP contribution >= 0.6 is 0 Å². The van der Waals surface area contributed by atoms with Crippen LogP contribution in [0, 0.1) is 5.92 Å². The van der Waals surface area contributed by atoms with Crippen LogP contribution in [0.5, 0.6) is 17.2 Å². The molecule has 3 heterocycles. The molecule has 5 rings (SSSR count). The third-order valence-corrected chi connectivity index (χ3v) is 8.11. The monoisotopic (exact) mass is 483 g/mol. The molecule has 2 aromatic carbocycles. The first-order valence-corrected chi connectivity index (χ1v) is 12.5. The molecule has 34 heavy (non-hydrogen) atoms. The highest BCUT2D eigenvalue weighted by molar-refractivity contribution is 7.91. The second-order valence-corrected chi connectivity index (χ2v) is 10.2.